The van der Waals surface area contributed by atoms with Crippen molar-refractivity contribution in [1.82, 2.24) is 0 Å². The zero-order valence-electron chi connectivity index (χ0n) is 33.6. The van der Waals surface area contributed by atoms with Crippen molar-refractivity contribution in [2.75, 3.05) is 4.90 Å². The molecule has 0 saturated carbocycles. The van der Waals surface area contributed by atoms with Crippen molar-refractivity contribution >= 4 is 82.9 Å². The Morgan fingerprint density at radius 1 is 0.311 bits per heavy atom. The molecule has 4 nitrogen and oxygen atoms in total. The smallest absolute Gasteiger partial charge is 0.137 e. The van der Waals surface area contributed by atoms with Gasteiger partial charge in [0, 0.05) is 60.9 Å². The fourth-order valence-corrected chi connectivity index (χ4v) is 9.97. The summed E-state index contributed by atoms with van der Waals surface area (Å²) >= 11 is 0. The molecule has 288 valence electrons. The second-order valence-electron chi connectivity index (χ2n) is 16.9. The quantitative estimate of drug-likeness (QED) is 0.174. The van der Waals surface area contributed by atoms with Crippen molar-refractivity contribution in [2.45, 2.75) is 19.3 Å². The first kappa shape index (κ1) is 34.1. The molecule has 0 atom stereocenters. The average Bonchev–Trinajstić information content (AvgIpc) is 4.03. The minimum Gasteiger partial charge on any atom is -0.456 e. The average molecular weight is 784 g/mol. The van der Waals surface area contributed by atoms with E-state index >= 15 is 0 Å². The minimum atomic E-state index is -0.125. The molecule has 0 spiro atoms. The van der Waals surface area contributed by atoms with E-state index in [1.807, 2.05) is 18.2 Å². The molecular weight excluding hydrogens is 747 g/mol. The van der Waals surface area contributed by atoms with E-state index in [4.69, 9.17) is 13.3 Å². The molecule has 0 saturated heterocycles. The standard InChI is InChI=1S/C57H37NO3/c1-57(2)49-14-8-6-12-41(49)42-26-22-39(30-50(42)57)58(38-20-16-35(17-21-38)34-10-4-3-5-11-34)40-23-27-46-48-33-55-47(32-56(48)61-54(46)31-40)45-25-19-37(29-53(45)60-55)36-18-24-44-43-13-7-9-15-51(43)59-52(44)28-36/h3-33H,1-2H3. The van der Waals surface area contributed by atoms with Crippen molar-refractivity contribution in [1.29, 1.82) is 0 Å². The first-order valence-corrected chi connectivity index (χ1v) is 20.9. The summed E-state index contributed by atoms with van der Waals surface area (Å²) in [5.41, 5.74) is 18.0. The maximum Gasteiger partial charge on any atom is 0.137 e. The van der Waals surface area contributed by atoms with Gasteiger partial charge in [0.15, 0.2) is 0 Å². The van der Waals surface area contributed by atoms with Crippen LogP contribution in [-0.2, 0) is 5.41 Å². The molecule has 0 N–H and O–H groups in total. The van der Waals surface area contributed by atoms with Crippen LogP contribution in [-0.4, -0.2) is 0 Å². The van der Waals surface area contributed by atoms with E-state index in [-0.39, 0.29) is 5.41 Å². The highest BCUT2D eigenvalue weighted by atomic mass is 16.3. The van der Waals surface area contributed by atoms with Gasteiger partial charge in [-0.2, -0.15) is 0 Å². The van der Waals surface area contributed by atoms with E-state index in [9.17, 15) is 0 Å². The second kappa shape index (κ2) is 12.6. The molecule has 0 radical (unpaired) electrons. The van der Waals surface area contributed by atoms with E-state index in [1.165, 1.54) is 33.4 Å². The fourth-order valence-electron chi connectivity index (χ4n) is 9.97. The number of rotatable bonds is 5. The summed E-state index contributed by atoms with van der Waals surface area (Å²) in [6.07, 6.45) is 0. The van der Waals surface area contributed by atoms with Crippen LogP contribution in [0.15, 0.2) is 201 Å². The number of benzene rings is 9. The Morgan fingerprint density at radius 3 is 1.52 bits per heavy atom. The van der Waals surface area contributed by atoms with Crippen molar-refractivity contribution < 1.29 is 13.3 Å². The van der Waals surface area contributed by atoms with Gasteiger partial charge in [-0.05, 0) is 123 Å². The molecule has 3 aromatic heterocycles. The third kappa shape index (κ3) is 5.12. The molecule has 0 bridgehead atoms. The normalized spacial score (nSPS) is 13.2. The van der Waals surface area contributed by atoms with Crippen molar-refractivity contribution in [3.05, 3.63) is 199 Å². The Kier molecular flexibility index (Phi) is 7.04. The number of hydrogen-bond donors (Lipinski definition) is 0. The zero-order valence-corrected chi connectivity index (χ0v) is 33.6. The Morgan fingerprint density at radius 2 is 0.787 bits per heavy atom. The van der Waals surface area contributed by atoms with Crippen molar-refractivity contribution in [3.63, 3.8) is 0 Å². The monoisotopic (exact) mass is 783 g/mol. The van der Waals surface area contributed by atoms with E-state index < -0.39 is 0 Å². The largest absolute Gasteiger partial charge is 0.456 e. The summed E-state index contributed by atoms with van der Waals surface area (Å²) in [6, 6.07) is 67.1. The van der Waals surface area contributed by atoms with Crippen molar-refractivity contribution in [3.8, 4) is 33.4 Å². The summed E-state index contributed by atoms with van der Waals surface area (Å²) in [4.78, 5) is 2.35. The van der Waals surface area contributed by atoms with Gasteiger partial charge in [0.05, 0.1) is 0 Å². The lowest BCUT2D eigenvalue weighted by Gasteiger charge is -2.28. The summed E-state index contributed by atoms with van der Waals surface area (Å²) in [7, 11) is 0. The highest BCUT2D eigenvalue weighted by molar-refractivity contribution is 6.15. The fraction of sp³-hybridized carbons (Fsp3) is 0.0526. The third-order valence-electron chi connectivity index (χ3n) is 13.1. The van der Waals surface area contributed by atoms with E-state index in [0.717, 1.165) is 94.0 Å². The predicted molar refractivity (Wildman–Crippen MR) is 251 cm³/mol. The maximum atomic E-state index is 6.75. The summed E-state index contributed by atoms with van der Waals surface area (Å²) in [6.45, 7) is 4.67. The van der Waals surface area contributed by atoms with Gasteiger partial charge in [0.1, 0.15) is 33.5 Å². The molecule has 9 aromatic carbocycles. The number of furan rings is 3. The SMILES string of the molecule is CC1(C)c2ccccc2-c2ccc(N(c3ccc(-c4ccccc4)cc3)c3ccc4c(c3)oc3cc5c(cc34)oc3cc(-c4ccc6c(c4)oc4ccccc46)ccc35)cc21. The molecule has 12 aromatic rings. The van der Waals surface area contributed by atoms with E-state index in [2.05, 4.69) is 189 Å². The molecule has 1 aliphatic rings. The number of nitrogens with zero attached hydrogens (tertiary/aromatic N) is 1. The molecule has 0 aliphatic heterocycles. The molecule has 1 aliphatic carbocycles. The number of fused-ring (bicyclic) bond motifs is 12. The van der Waals surface area contributed by atoms with Crippen molar-refractivity contribution in [2.24, 2.45) is 0 Å². The van der Waals surface area contributed by atoms with Crippen LogP contribution in [0.1, 0.15) is 25.0 Å². The number of para-hydroxylation sites is 1. The van der Waals surface area contributed by atoms with Crippen LogP contribution in [0, 0.1) is 0 Å². The lowest BCUT2D eigenvalue weighted by Crippen LogP contribution is -2.16. The van der Waals surface area contributed by atoms with Gasteiger partial charge in [-0.15, -0.1) is 0 Å². The van der Waals surface area contributed by atoms with Gasteiger partial charge in [-0.1, -0.05) is 117 Å². The molecule has 4 heteroatoms. The molecule has 3 heterocycles. The summed E-state index contributed by atoms with van der Waals surface area (Å²) in [5.74, 6) is 0. The Balaban J connectivity index is 0.907. The highest BCUT2D eigenvalue weighted by Crippen LogP contribution is 2.51. The molecule has 0 fully saturated rings. The van der Waals surface area contributed by atoms with Crippen LogP contribution >= 0.6 is 0 Å². The topological polar surface area (TPSA) is 42.7 Å². The predicted octanol–water partition coefficient (Wildman–Crippen LogP) is 16.5. The van der Waals surface area contributed by atoms with Gasteiger partial charge >= 0.3 is 0 Å². The molecule has 61 heavy (non-hydrogen) atoms. The third-order valence-corrected chi connectivity index (χ3v) is 13.1. The van der Waals surface area contributed by atoms with Crippen LogP contribution in [0.3, 0.4) is 0 Å². The Labute approximate surface area is 351 Å². The lowest BCUT2D eigenvalue weighted by molar-refractivity contribution is 0.660. The molecular formula is C57H37NO3. The van der Waals surface area contributed by atoms with Gasteiger partial charge in [-0.3, -0.25) is 0 Å². The molecule has 0 amide bonds. The molecule has 13 rings (SSSR count). The highest BCUT2D eigenvalue weighted by Gasteiger charge is 2.35. The number of hydrogen-bond acceptors (Lipinski definition) is 4. The summed E-state index contributed by atoms with van der Waals surface area (Å²) in [5, 5.41) is 6.41. The van der Waals surface area contributed by atoms with Crippen LogP contribution in [0.25, 0.3) is 99.2 Å². The van der Waals surface area contributed by atoms with E-state index in [0.29, 0.717) is 0 Å². The van der Waals surface area contributed by atoms with E-state index in [1.54, 1.807) is 0 Å². The minimum absolute atomic E-state index is 0.125. The maximum absolute atomic E-state index is 6.75. The second-order valence-corrected chi connectivity index (χ2v) is 16.9. The first-order chi connectivity index (χ1) is 29.9. The summed E-state index contributed by atoms with van der Waals surface area (Å²) < 4.78 is 19.5. The van der Waals surface area contributed by atoms with Gasteiger partial charge in [-0.25, -0.2) is 0 Å². The molecule has 0 unspecified atom stereocenters. The van der Waals surface area contributed by atoms with Crippen LogP contribution in [0.4, 0.5) is 17.1 Å². The van der Waals surface area contributed by atoms with Crippen LogP contribution < -0.4 is 4.90 Å². The van der Waals surface area contributed by atoms with Crippen LogP contribution in [0.2, 0.25) is 0 Å². The van der Waals surface area contributed by atoms with Crippen LogP contribution in [0.5, 0.6) is 0 Å². The Bertz CT molecular complexity index is 3730. The van der Waals surface area contributed by atoms with Gasteiger partial charge in [0.2, 0.25) is 0 Å². The Hall–Kier alpha value is -7.82. The lowest BCUT2D eigenvalue weighted by atomic mass is 9.82. The van der Waals surface area contributed by atoms with Gasteiger partial charge in [0.25, 0.3) is 0 Å². The first-order valence-electron chi connectivity index (χ1n) is 20.9. The van der Waals surface area contributed by atoms with Gasteiger partial charge < -0.3 is 18.2 Å². The number of anilines is 3. The zero-order chi connectivity index (χ0) is 40.4.